The van der Waals surface area contributed by atoms with E-state index in [1.807, 2.05) is 18.2 Å². The number of anilines is 1. The number of aliphatic hydroxyl groups excluding tert-OH is 1. The predicted molar refractivity (Wildman–Crippen MR) is 109 cm³/mol. The molecule has 0 aliphatic carbocycles. The van der Waals surface area contributed by atoms with Gasteiger partial charge in [0, 0.05) is 16.7 Å². The maximum absolute atomic E-state index is 9.87. The molecular formula is C19H17IN6O2. The summed E-state index contributed by atoms with van der Waals surface area (Å²) in [5, 5.41) is 31.0. The first-order valence-corrected chi connectivity index (χ1v) is 9.91. The first kappa shape index (κ1) is 18.8. The fourth-order valence-electron chi connectivity index (χ4n) is 3.38. The molecule has 28 heavy (non-hydrogen) atoms. The van der Waals surface area contributed by atoms with Crippen molar-refractivity contribution in [2.24, 2.45) is 0 Å². The lowest BCUT2D eigenvalue weighted by atomic mass is 9.74. The van der Waals surface area contributed by atoms with Crippen molar-refractivity contribution in [3.63, 3.8) is 0 Å². The highest BCUT2D eigenvalue weighted by atomic mass is 127. The summed E-state index contributed by atoms with van der Waals surface area (Å²) in [7, 11) is 0. The van der Waals surface area contributed by atoms with Crippen LogP contribution in [0.3, 0.4) is 0 Å². The minimum atomic E-state index is -0.460. The molecule has 1 saturated heterocycles. The van der Waals surface area contributed by atoms with Crippen molar-refractivity contribution in [3.05, 3.63) is 51.4 Å². The molecule has 1 aromatic carbocycles. The lowest BCUT2D eigenvalue weighted by Crippen LogP contribution is -2.42. The summed E-state index contributed by atoms with van der Waals surface area (Å²) < 4.78 is 6.21. The first-order valence-electron chi connectivity index (χ1n) is 8.83. The van der Waals surface area contributed by atoms with Gasteiger partial charge >= 0.3 is 0 Å². The Hall–Kier alpha value is -2.58. The molecule has 142 valence electrons. The van der Waals surface area contributed by atoms with E-state index in [1.165, 1.54) is 0 Å². The summed E-state index contributed by atoms with van der Waals surface area (Å²) >= 11 is 2.27. The number of nitriles is 1. The third-order valence-corrected chi connectivity index (χ3v) is 5.75. The summed E-state index contributed by atoms with van der Waals surface area (Å²) in [4.78, 5) is 6.16. The van der Waals surface area contributed by atoms with Gasteiger partial charge in [-0.3, -0.25) is 0 Å². The van der Waals surface area contributed by atoms with Crippen molar-refractivity contribution >= 4 is 28.4 Å². The van der Waals surface area contributed by atoms with E-state index < -0.39 is 5.41 Å². The second-order valence-electron chi connectivity index (χ2n) is 6.64. The zero-order valence-electron chi connectivity index (χ0n) is 14.9. The van der Waals surface area contributed by atoms with E-state index in [-0.39, 0.29) is 18.3 Å². The van der Waals surface area contributed by atoms with Gasteiger partial charge in [-0.1, -0.05) is 17.3 Å². The average molecular weight is 488 g/mol. The van der Waals surface area contributed by atoms with Gasteiger partial charge < -0.3 is 14.5 Å². The Morgan fingerprint density at radius 1 is 1.14 bits per heavy atom. The quantitative estimate of drug-likeness (QED) is 0.558. The number of hydrogen-bond donors (Lipinski definition) is 1. The third kappa shape index (κ3) is 3.57. The minimum Gasteiger partial charge on any atom is -0.388 e. The molecule has 1 N–H and O–H groups in total. The number of nitrogens with zero attached hydrogens (tertiary/aromatic N) is 6. The molecule has 0 atom stereocenters. The van der Waals surface area contributed by atoms with Gasteiger partial charge in [0.1, 0.15) is 6.61 Å². The Bertz CT molecular complexity index is 989. The summed E-state index contributed by atoms with van der Waals surface area (Å²) in [6.07, 6.45) is 1.47. The number of aromatic nitrogens is 4. The van der Waals surface area contributed by atoms with Crippen LogP contribution < -0.4 is 4.90 Å². The van der Waals surface area contributed by atoms with E-state index in [4.69, 9.17) is 9.63 Å². The molecule has 1 aliphatic heterocycles. The molecule has 8 nitrogen and oxygen atoms in total. The SMILES string of the molecule is N#CC1(c2ccc(I)cc2)CCN(c2ccc(-c3nc(CO)no3)nn2)CC1. The molecule has 2 aromatic heterocycles. The molecule has 3 aromatic rings. The van der Waals surface area contributed by atoms with E-state index in [0.717, 1.165) is 40.9 Å². The smallest absolute Gasteiger partial charge is 0.278 e. The highest BCUT2D eigenvalue weighted by Crippen LogP contribution is 2.36. The molecular weight excluding hydrogens is 471 g/mol. The van der Waals surface area contributed by atoms with Gasteiger partial charge in [0.25, 0.3) is 5.89 Å². The molecule has 1 fully saturated rings. The van der Waals surface area contributed by atoms with Gasteiger partial charge in [0.2, 0.25) is 0 Å². The zero-order valence-corrected chi connectivity index (χ0v) is 17.1. The zero-order chi connectivity index (χ0) is 19.6. The van der Waals surface area contributed by atoms with Gasteiger partial charge in [0.15, 0.2) is 17.3 Å². The molecule has 0 radical (unpaired) electrons. The average Bonchev–Trinajstić information content (AvgIpc) is 3.24. The van der Waals surface area contributed by atoms with E-state index in [0.29, 0.717) is 5.69 Å². The number of halogens is 1. The van der Waals surface area contributed by atoms with E-state index >= 15 is 0 Å². The maximum Gasteiger partial charge on any atom is 0.278 e. The van der Waals surface area contributed by atoms with Gasteiger partial charge in [-0.25, -0.2) is 0 Å². The molecule has 0 saturated carbocycles. The summed E-state index contributed by atoms with van der Waals surface area (Å²) in [5.41, 5.74) is 1.07. The molecule has 0 bridgehead atoms. The van der Waals surface area contributed by atoms with Gasteiger partial charge in [0.05, 0.1) is 11.5 Å². The number of hydrogen-bond acceptors (Lipinski definition) is 8. The fourth-order valence-corrected chi connectivity index (χ4v) is 3.74. The Morgan fingerprint density at radius 2 is 1.89 bits per heavy atom. The molecule has 0 spiro atoms. The van der Waals surface area contributed by atoms with Crippen LogP contribution in [-0.4, -0.2) is 38.5 Å². The van der Waals surface area contributed by atoms with Crippen LogP contribution in [0, 0.1) is 14.9 Å². The highest BCUT2D eigenvalue weighted by molar-refractivity contribution is 14.1. The molecule has 1 aliphatic rings. The van der Waals surface area contributed by atoms with Crippen LogP contribution in [0.2, 0.25) is 0 Å². The van der Waals surface area contributed by atoms with E-state index in [2.05, 4.69) is 66.0 Å². The minimum absolute atomic E-state index is 0.209. The second-order valence-corrected chi connectivity index (χ2v) is 7.88. The van der Waals surface area contributed by atoms with E-state index in [9.17, 15) is 5.26 Å². The van der Waals surface area contributed by atoms with Gasteiger partial charge in [-0.05, 0) is 65.3 Å². The number of piperidine rings is 1. The Kier molecular flexibility index (Phi) is 5.23. The summed E-state index contributed by atoms with van der Waals surface area (Å²) in [5.74, 6) is 1.18. The standard InChI is InChI=1S/C19H17IN6O2/c20-14-3-1-13(2-4-14)19(12-21)7-9-26(10-8-19)17-6-5-15(23-24-17)18-22-16(11-27)25-28-18/h1-6,27H,7-11H2. The number of benzene rings is 1. The Morgan fingerprint density at radius 3 is 2.46 bits per heavy atom. The van der Waals surface area contributed by atoms with Crippen molar-refractivity contribution < 1.29 is 9.63 Å². The predicted octanol–water partition coefficient (Wildman–Crippen LogP) is 2.69. The summed E-state index contributed by atoms with van der Waals surface area (Å²) in [6, 6.07) is 14.4. The van der Waals surface area contributed by atoms with Gasteiger partial charge in [-0.2, -0.15) is 10.2 Å². The van der Waals surface area contributed by atoms with Crippen LogP contribution >= 0.6 is 22.6 Å². The second kappa shape index (κ2) is 7.81. The lowest BCUT2D eigenvalue weighted by molar-refractivity contribution is 0.264. The van der Waals surface area contributed by atoms with Crippen LogP contribution in [0.15, 0.2) is 40.9 Å². The highest BCUT2D eigenvalue weighted by Gasteiger charge is 2.36. The molecule has 9 heteroatoms. The monoisotopic (exact) mass is 488 g/mol. The molecule has 3 heterocycles. The van der Waals surface area contributed by atoms with Crippen molar-refractivity contribution in [2.75, 3.05) is 18.0 Å². The summed E-state index contributed by atoms with van der Waals surface area (Å²) in [6.45, 7) is 1.16. The number of aliphatic hydroxyl groups is 1. The van der Waals surface area contributed by atoms with Crippen molar-refractivity contribution in [1.29, 1.82) is 5.26 Å². The van der Waals surface area contributed by atoms with E-state index in [1.54, 1.807) is 6.07 Å². The van der Waals surface area contributed by atoms with Crippen molar-refractivity contribution in [2.45, 2.75) is 24.9 Å². The van der Waals surface area contributed by atoms with Crippen LogP contribution in [0.4, 0.5) is 5.82 Å². The Balaban J connectivity index is 1.47. The van der Waals surface area contributed by atoms with Crippen LogP contribution in [-0.2, 0) is 12.0 Å². The van der Waals surface area contributed by atoms with Crippen molar-refractivity contribution in [3.8, 4) is 17.7 Å². The van der Waals surface area contributed by atoms with Gasteiger partial charge in [-0.15, -0.1) is 10.2 Å². The Labute approximate surface area is 175 Å². The molecule has 0 amide bonds. The normalized spacial score (nSPS) is 16.0. The third-order valence-electron chi connectivity index (χ3n) is 5.03. The van der Waals surface area contributed by atoms with Crippen LogP contribution in [0.5, 0.6) is 0 Å². The maximum atomic E-state index is 9.87. The first-order chi connectivity index (χ1) is 13.6. The topological polar surface area (TPSA) is 112 Å². The van der Waals surface area contributed by atoms with Crippen molar-refractivity contribution in [1.82, 2.24) is 20.3 Å². The largest absolute Gasteiger partial charge is 0.388 e. The number of rotatable bonds is 4. The van der Waals surface area contributed by atoms with Crippen LogP contribution in [0.25, 0.3) is 11.6 Å². The van der Waals surface area contributed by atoms with Crippen LogP contribution in [0.1, 0.15) is 24.2 Å². The molecule has 0 unspecified atom stereocenters. The molecule has 4 rings (SSSR count). The lowest BCUT2D eigenvalue weighted by Gasteiger charge is -2.38. The fraction of sp³-hybridized carbons (Fsp3) is 0.316.